The topological polar surface area (TPSA) is 56.4 Å². The van der Waals surface area contributed by atoms with E-state index in [1.54, 1.807) is 0 Å². The molecule has 0 aliphatic carbocycles. The number of piperidine rings is 3. The quantitative estimate of drug-likeness (QED) is 0.368. The number of halogens is 2. The Morgan fingerprint density at radius 3 is 1.74 bits per heavy atom. The van der Waals surface area contributed by atoms with Crippen LogP contribution in [0.2, 0.25) is 0 Å². The maximum atomic E-state index is 4.85. The molecule has 3 unspecified atom stereocenters. The van der Waals surface area contributed by atoms with Gasteiger partial charge in [0, 0.05) is 0 Å². The molecule has 27 heavy (non-hydrogen) atoms. The second-order valence-electron chi connectivity index (χ2n) is 7.27. The van der Waals surface area contributed by atoms with Crippen molar-refractivity contribution in [3.8, 4) is 0 Å². The number of allylic oxidation sites excluding steroid dienone is 2. The van der Waals surface area contributed by atoms with E-state index in [9.17, 15) is 0 Å². The van der Waals surface area contributed by atoms with Crippen LogP contribution in [0.25, 0.3) is 21.3 Å². The molecule has 4 aliphatic heterocycles. The fourth-order valence-electron chi connectivity index (χ4n) is 3.94. The summed E-state index contributed by atoms with van der Waals surface area (Å²) in [6.07, 6.45) is 18.0. The molecular weight excluding hydrogens is 468 g/mol. The molecule has 4 aliphatic rings. The Balaban J connectivity index is 0.000000170. The van der Waals surface area contributed by atoms with Crippen molar-refractivity contribution in [3.05, 3.63) is 45.2 Å². The van der Waals surface area contributed by atoms with Gasteiger partial charge in [-0.25, -0.2) is 0 Å². The van der Waals surface area contributed by atoms with Gasteiger partial charge in [-0.05, 0) is 0 Å². The van der Waals surface area contributed by atoms with Gasteiger partial charge in [-0.3, -0.25) is 0 Å². The fraction of sp³-hybridized carbons (Fsp3) is 0.800. The van der Waals surface area contributed by atoms with Gasteiger partial charge in [-0.15, -0.1) is 38.3 Å². The van der Waals surface area contributed by atoms with Crippen LogP contribution in [0.5, 0.6) is 0 Å². The monoisotopic (exact) mass is 500 g/mol. The molecule has 0 aromatic carbocycles. The van der Waals surface area contributed by atoms with Crippen LogP contribution >= 0.6 is 19.4 Å². The predicted octanol–water partition coefficient (Wildman–Crippen LogP) is 6.96. The van der Waals surface area contributed by atoms with E-state index in [-0.39, 0.29) is 15.1 Å². The summed E-state index contributed by atoms with van der Waals surface area (Å²) in [5, 5.41) is 18.3. The summed E-state index contributed by atoms with van der Waals surface area (Å²) < 4.78 is 0. The summed E-state index contributed by atoms with van der Waals surface area (Å²) in [6.45, 7) is 4.06. The minimum atomic E-state index is -0.346. The molecule has 4 nitrogen and oxygen atoms in total. The number of rotatable bonds is 2. The zero-order valence-electron chi connectivity index (χ0n) is 16.1. The number of nitrogens with zero attached hydrogens (tertiary/aromatic N) is 4. The second kappa shape index (κ2) is 15.2. The van der Waals surface area contributed by atoms with Gasteiger partial charge in [-0.2, -0.15) is 17.8 Å². The maximum absolute atomic E-state index is 4.85. The molecule has 4 heterocycles. The van der Waals surface area contributed by atoms with Gasteiger partial charge in [0.2, 0.25) is 0 Å². The molecule has 158 valence electrons. The Hall–Kier alpha value is 0.363. The first kappa shape index (κ1) is 23.6. The summed E-state index contributed by atoms with van der Waals surface area (Å²) in [6, 6.07) is 1.60. The molecule has 3 atom stereocenters. The molecule has 7 heteroatoms. The van der Waals surface area contributed by atoms with Gasteiger partial charge < -0.3 is 21.3 Å². The van der Waals surface area contributed by atoms with E-state index in [4.69, 9.17) is 19.4 Å². The van der Waals surface area contributed by atoms with Crippen molar-refractivity contribution in [1.29, 1.82) is 0 Å². The molecule has 3 saturated heterocycles. The molecule has 0 saturated carbocycles. The zero-order chi connectivity index (χ0) is 19.2. The van der Waals surface area contributed by atoms with Crippen LogP contribution in [-0.2, 0) is 15.1 Å². The molecule has 0 aromatic rings. The van der Waals surface area contributed by atoms with Gasteiger partial charge in [-0.1, -0.05) is 69.9 Å². The average Bonchev–Trinajstić information content (AvgIpc) is 2.77. The van der Waals surface area contributed by atoms with E-state index in [1.165, 1.54) is 63.5 Å². The fourth-order valence-corrected chi connectivity index (χ4v) is 3.94. The van der Waals surface area contributed by atoms with Crippen molar-refractivity contribution in [2.24, 2.45) is 0 Å². The van der Waals surface area contributed by atoms with E-state index in [0.29, 0.717) is 18.1 Å². The van der Waals surface area contributed by atoms with E-state index in [2.05, 4.69) is 39.5 Å². The molecule has 0 amide bonds. The predicted molar refractivity (Wildman–Crippen MR) is 115 cm³/mol. The average molecular weight is 500 g/mol. The van der Waals surface area contributed by atoms with Crippen LogP contribution < -0.4 is 0 Å². The van der Waals surface area contributed by atoms with Gasteiger partial charge in [0.1, 0.15) is 0 Å². The van der Waals surface area contributed by atoms with Crippen LogP contribution in [-0.4, -0.2) is 44.3 Å². The van der Waals surface area contributed by atoms with E-state index in [1.807, 2.05) is 0 Å². The van der Waals surface area contributed by atoms with Crippen molar-refractivity contribution in [3.63, 3.8) is 0 Å². The molecule has 0 radical (unpaired) electrons. The number of hydrogen-bond donors (Lipinski definition) is 0. The third-order valence-electron chi connectivity index (χ3n) is 5.35. The van der Waals surface area contributed by atoms with Gasteiger partial charge in [0.15, 0.2) is 0 Å². The summed E-state index contributed by atoms with van der Waals surface area (Å²) in [5.41, 5.74) is 1.19. The molecule has 0 spiro atoms. The molecule has 0 N–H and O–H groups in total. The van der Waals surface area contributed by atoms with Crippen LogP contribution in [0.15, 0.2) is 23.9 Å². The standard InChI is InChI=1S/C10H18N2.C10H14N2.2ClH.Ru/c2*1-3-7-11-9(5-1)10-6-2-4-8-12-10;;;/h9-10H,1-8H2;1,3,5,10H,2,4,6-8H2;2*1H;/q2*-2;;;+2/p-2. The van der Waals surface area contributed by atoms with Gasteiger partial charge in [0.25, 0.3) is 0 Å². The van der Waals surface area contributed by atoms with Crippen LogP contribution in [0.3, 0.4) is 0 Å². The summed E-state index contributed by atoms with van der Waals surface area (Å²) in [4.78, 5) is 0. The van der Waals surface area contributed by atoms with Crippen molar-refractivity contribution >= 4 is 19.4 Å². The van der Waals surface area contributed by atoms with E-state index in [0.717, 1.165) is 26.2 Å². The van der Waals surface area contributed by atoms with Crippen molar-refractivity contribution < 1.29 is 15.1 Å². The van der Waals surface area contributed by atoms with Crippen LogP contribution in [0, 0.1) is 0 Å². The van der Waals surface area contributed by atoms with Crippen molar-refractivity contribution in [1.82, 2.24) is 0 Å². The Bertz CT molecular complexity index is 414. The first-order valence-corrected chi connectivity index (χ1v) is 14.7. The SMILES string of the molecule is C1=CC[N-]C(C2CCCC[N-]2)=C1.C1CCC(C2CCCC[N-]2)[N-]C1.[Cl][Ru][Cl]. The first-order valence-electron chi connectivity index (χ1n) is 10.2. The molecule has 0 aromatic heterocycles. The molecule has 4 rings (SSSR count). The zero-order valence-corrected chi connectivity index (χ0v) is 19.3. The van der Waals surface area contributed by atoms with Crippen molar-refractivity contribution in [2.45, 2.75) is 75.9 Å². The third-order valence-corrected chi connectivity index (χ3v) is 5.35. The number of hydrogen-bond acceptors (Lipinski definition) is 0. The summed E-state index contributed by atoms with van der Waals surface area (Å²) >= 11 is -0.346. The Morgan fingerprint density at radius 2 is 1.33 bits per heavy atom. The van der Waals surface area contributed by atoms with Gasteiger partial charge in [0.05, 0.1) is 0 Å². The molecule has 3 fully saturated rings. The van der Waals surface area contributed by atoms with Crippen molar-refractivity contribution in [2.75, 3.05) is 26.2 Å². The second-order valence-corrected chi connectivity index (χ2v) is 9.91. The Kier molecular flexibility index (Phi) is 13.3. The minimum absolute atomic E-state index is 0.346. The normalized spacial score (nSPS) is 30.7. The molecule has 0 bridgehead atoms. The molecular formula is C20H32Cl2N4Ru-4. The van der Waals surface area contributed by atoms with Crippen LogP contribution in [0.4, 0.5) is 0 Å². The van der Waals surface area contributed by atoms with E-state index >= 15 is 0 Å². The third kappa shape index (κ3) is 9.61. The van der Waals surface area contributed by atoms with Crippen LogP contribution in [0.1, 0.15) is 57.8 Å². The summed E-state index contributed by atoms with van der Waals surface area (Å²) in [7, 11) is 9.71. The van der Waals surface area contributed by atoms with E-state index < -0.39 is 0 Å². The Labute approximate surface area is 181 Å². The van der Waals surface area contributed by atoms with Gasteiger partial charge >= 0.3 is 34.5 Å². The summed E-state index contributed by atoms with van der Waals surface area (Å²) in [5.74, 6) is 0. The Morgan fingerprint density at radius 1 is 0.778 bits per heavy atom. The first-order chi connectivity index (χ1) is 13.3.